The zero-order chi connectivity index (χ0) is 15.4. The normalized spacial score (nSPS) is 12.1. The van der Waals surface area contributed by atoms with E-state index in [1.807, 2.05) is 42.5 Å². The van der Waals surface area contributed by atoms with E-state index in [4.69, 9.17) is 17.3 Å². The number of nitrogens with one attached hydrogen (secondary N) is 2. The fourth-order valence-corrected chi connectivity index (χ4v) is 2.22. The highest BCUT2D eigenvalue weighted by atomic mass is 35.5. The summed E-state index contributed by atoms with van der Waals surface area (Å²) in [7, 11) is 0. The number of nitrogens with zero attached hydrogens (tertiary/aromatic N) is 2. The molecule has 1 unspecified atom stereocenters. The summed E-state index contributed by atoms with van der Waals surface area (Å²) in [5, 5.41) is 11.0. The maximum atomic E-state index is 6.18. The second-order valence-electron chi connectivity index (χ2n) is 4.89. The summed E-state index contributed by atoms with van der Waals surface area (Å²) in [6.07, 6.45) is 0. The molecule has 0 spiro atoms. The van der Waals surface area contributed by atoms with Gasteiger partial charge in [-0.15, -0.1) is 0 Å². The van der Waals surface area contributed by atoms with Gasteiger partial charge >= 0.3 is 0 Å². The average molecular weight is 314 g/mol. The van der Waals surface area contributed by atoms with E-state index in [1.54, 1.807) is 12.1 Å². The van der Waals surface area contributed by atoms with Gasteiger partial charge in [-0.3, -0.25) is 5.10 Å². The van der Waals surface area contributed by atoms with Crippen molar-refractivity contribution in [3.63, 3.8) is 0 Å². The molecule has 0 radical (unpaired) electrons. The maximum absolute atomic E-state index is 6.18. The van der Waals surface area contributed by atoms with Crippen LogP contribution in [0.2, 0.25) is 5.02 Å². The lowest BCUT2D eigenvalue weighted by Crippen LogP contribution is -2.13. The standard InChI is InChI=1S/C16H16ClN5/c17-12-8-6-11(7-9-12)15(18)16-20-14(21-22-16)10-19-13-4-2-1-3-5-13/h1-9,15,19H,10,18H2,(H,20,21,22). The lowest BCUT2D eigenvalue weighted by molar-refractivity contribution is 0.787. The van der Waals surface area contributed by atoms with Crippen LogP contribution in [0.5, 0.6) is 0 Å². The smallest absolute Gasteiger partial charge is 0.171 e. The number of para-hydroxylation sites is 1. The molecule has 1 heterocycles. The molecule has 1 atom stereocenters. The lowest BCUT2D eigenvalue weighted by atomic mass is 10.1. The number of hydrogen-bond acceptors (Lipinski definition) is 4. The SMILES string of the molecule is NC(c1ccc(Cl)cc1)c1n[nH]c(CNc2ccccc2)n1. The molecule has 0 bridgehead atoms. The van der Waals surface area contributed by atoms with Crippen LogP contribution in [-0.4, -0.2) is 15.2 Å². The summed E-state index contributed by atoms with van der Waals surface area (Å²) >= 11 is 5.88. The molecule has 0 amide bonds. The molecule has 1 aromatic heterocycles. The zero-order valence-corrected chi connectivity index (χ0v) is 12.6. The summed E-state index contributed by atoms with van der Waals surface area (Å²) < 4.78 is 0. The minimum absolute atomic E-state index is 0.376. The van der Waals surface area contributed by atoms with Crippen molar-refractivity contribution in [1.82, 2.24) is 15.2 Å². The van der Waals surface area contributed by atoms with Crippen molar-refractivity contribution in [3.05, 3.63) is 76.8 Å². The van der Waals surface area contributed by atoms with Gasteiger partial charge in [-0.1, -0.05) is 41.9 Å². The Morgan fingerprint density at radius 3 is 2.55 bits per heavy atom. The molecule has 112 valence electrons. The predicted molar refractivity (Wildman–Crippen MR) is 87.6 cm³/mol. The van der Waals surface area contributed by atoms with Crippen molar-refractivity contribution in [2.45, 2.75) is 12.6 Å². The molecule has 0 fully saturated rings. The summed E-state index contributed by atoms with van der Waals surface area (Å²) in [5.74, 6) is 1.30. The van der Waals surface area contributed by atoms with E-state index in [-0.39, 0.29) is 6.04 Å². The molecular weight excluding hydrogens is 298 g/mol. The van der Waals surface area contributed by atoms with Crippen LogP contribution >= 0.6 is 11.6 Å². The first kappa shape index (κ1) is 14.6. The minimum atomic E-state index is -0.376. The van der Waals surface area contributed by atoms with Gasteiger partial charge in [0.1, 0.15) is 5.82 Å². The van der Waals surface area contributed by atoms with Crippen molar-refractivity contribution in [2.75, 3.05) is 5.32 Å². The molecule has 6 heteroatoms. The molecule has 22 heavy (non-hydrogen) atoms. The molecule has 0 aliphatic heterocycles. The van der Waals surface area contributed by atoms with E-state index in [9.17, 15) is 0 Å². The number of H-pyrrole nitrogens is 1. The molecule has 2 aromatic carbocycles. The Balaban J connectivity index is 1.66. The number of benzene rings is 2. The lowest BCUT2D eigenvalue weighted by Gasteiger charge is -2.07. The maximum Gasteiger partial charge on any atom is 0.171 e. The highest BCUT2D eigenvalue weighted by Gasteiger charge is 2.14. The van der Waals surface area contributed by atoms with Crippen LogP contribution in [0.4, 0.5) is 5.69 Å². The van der Waals surface area contributed by atoms with Crippen LogP contribution in [-0.2, 0) is 6.54 Å². The molecule has 0 aliphatic rings. The van der Waals surface area contributed by atoms with Gasteiger partial charge in [-0.2, -0.15) is 5.10 Å². The Morgan fingerprint density at radius 1 is 1.09 bits per heavy atom. The minimum Gasteiger partial charge on any atom is -0.378 e. The summed E-state index contributed by atoms with van der Waals surface area (Å²) in [5.41, 5.74) is 8.13. The van der Waals surface area contributed by atoms with Gasteiger partial charge < -0.3 is 11.1 Å². The van der Waals surface area contributed by atoms with Gasteiger partial charge in [0.05, 0.1) is 12.6 Å². The Bertz CT molecular complexity index is 724. The largest absolute Gasteiger partial charge is 0.378 e. The number of halogens is 1. The third kappa shape index (κ3) is 3.44. The second kappa shape index (κ2) is 6.60. The predicted octanol–water partition coefficient (Wildman–Crippen LogP) is 3.12. The van der Waals surface area contributed by atoms with E-state index in [0.717, 1.165) is 17.1 Å². The van der Waals surface area contributed by atoms with Crippen molar-refractivity contribution < 1.29 is 0 Å². The van der Waals surface area contributed by atoms with E-state index < -0.39 is 0 Å². The first-order valence-electron chi connectivity index (χ1n) is 6.93. The first-order valence-corrected chi connectivity index (χ1v) is 7.31. The average Bonchev–Trinajstić information content (AvgIpc) is 3.03. The first-order chi connectivity index (χ1) is 10.7. The van der Waals surface area contributed by atoms with E-state index in [1.165, 1.54) is 0 Å². The molecule has 0 saturated carbocycles. The summed E-state index contributed by atoms with van der Waals surface area (Å²) in [4.78, 5) is 4.44. The highest BCUT2D eigenvalue weighted by molar-refractivity contribution is 6.30. The number of anilines is 1. The van der Waals surface area contributed by atoms with Crippen LogP contribution in [0.25, 0.3) is 0 Å². The topological polar surface area (TPSA) is 79.6 Å². The van der Waals surface area contributed by atoms with Crippen molar-refractivity contribution in [3.8, 4) is 0 Å². The Labute approximate surface area is 133 Å². The van der Waals surface area contributed by atoms with Crippen LogP contribution in [0.1, 0.15) is 23.3 Å². The van der Waals surface area contributed by atoms with E-state index >= 15 is 0 Å². The fourth-order valence-electron chi connectivity index (χ4n) is 2.09. The fraction of sp³-hybridized carbons (Fsp3) is 0.125. The third-order valence-corrected chi connectivity index (χ3v) is 3.54. The van der Waals surface area contributed by atoms with Gasteiger partial charge in [0.25, 0.3) is 0 Å². The Morgan fingerprint density at radius 2 is 1.82 bits per heavy atom. The molecule has 3 aromatic rings. The van der Waals surface area contributed by atoms with Crippen LogP contribution < -0.4 is 11.1 Å². The van der Waals surface area contributed by atoms with Gasteiger partial charge in [-0.05, 0) is 29.8 Å². The number of rotatable bonds is 5. The summed E-state index contributed by atoms with van der Waals surface area (Å²) in [6.45, 7) is 0.560. The summed E-state index contributed by atoms with van der Waals surface area (Å²) in [6, 6.07) is 16.9. The molecule has 0 aliphatic carbocycles. The highest BCUT2D eigenvalue weighted by Crippen LogP contribution is 2.18. The van der Waals surface area contributed by atoms with Crippen LogP contribution in [0.3, 0.4) is 0 Å². The number of aromatic amines is 1. The third-order valence-electron chi connectivity index (χ3n) is 3.29. The Kier molecular flexibility index (Phi) is 4.37. The molecule has 3 rings (SSSR count). The molecular formula is C16H16ClN5. The second-order valence-corrected chi connectivity index (χ2v) is 5.33. The van der Waals surface area contributed by atoms with Gasteiger partial charge in [0, 0.05) is 10.7 Å². The quantitative estimate of drug-likeness (QED) is 0.676. The van der Waals surface area contributed by atoms with Crippen molar-refractivity contribution in [1.29, 1.82) is 0 Å². The van der Waals surface area contributed by atoms with E-state index in [0.29, 0.717) is 17.4 Å². The number of nitrogens with two attached hydrogens (primary N) is 1. The molecule has 0 saturated heterocycles. The molecule has 4 N–H and O–H groups in total. The van der Waals surface area contributed by atoms with Gasteiger partial charge in [-0.25, -0.2) is 4.98 Å². The van der Waals surface area contributed by atoms with Gasteiger partial charge in [0.2, 0.25) is 0 Å². The van der Waals surface area contributed by atoms with E-state index in [2.05, 4.69) is 20.5 Å². The zero-order valence-electron chi connectivity index (χ0n) is 11.8. The van der Waals surface area contributed by atoms with Crippen molar-refractivity contribution >= 4 is 17.3 Å². The van der Waals surface area contributed by atoms with Crippen LogP contribution in [0.15, 0.2) is 54.6 Å². The van der Waals surface area contributed by atoms with Crippen molar-refractivity contribution in [2.24, 2.45) is 5.73 Å². The van der Waals surface area contributed by atoms with Crippen LogP contribution in [0, 0.1) is 0 Å². The number of aromatic nitrogens is 3. The molecule has 5 nitrogen and oxygen atoms in total. The Hall–Kier alpha value is -2.37. The monoisotopic (exact) mass is 313 g/mol. The van der Waals surface area contributed by atoms with Gasteiger partial charge in [0.15, 0.2) is 5.82 Å². The number of hydrogen-bond donors (Lipinski definition) is 3.